The zero-order valence-electron chi connectivity index (χ0n) is 7.85. The molecule has 0 radical (unpaired) electrons. The van der Waals surface area contributed by atoms with Crippen LogP contribution in [-0.2, 0) is 11.8 Å². The minimum absolute atomic E-state index is 0.383. The first kappa shape index (κ1) is 8.36. The van der Waals surface area contributed by atoms with Crippen LogP contribution in [0.1, 0.15) is 50.2 Å². The zero-order valence-corrected chi connectivity index (χ0v) is 8.67. The van der Waals surface area contributed by atoms with Crippen molar-refractivity contribution in [2.75, 3.05) is 0 Å². The van der Waals surface area contributed by atoms with Crippen molar-refractivity contribution >= 4 is 11.6 Å². The van der Waals surface area contributed by atoms with E-state index in [4.69, 9.17) is 3.85 Å². The Labute approximate surface area is 78.0 Å². The second-order valence-corrected chi connectivity index (χ2v) is 4.91. The van der Waals surface area contributed by atoms with Gasteiger partial charge in [0, 0.05) is 17.0 Å². The topological polar surface area (TPSA) is 13.1 Å². The molecule has 1 aromatic heterocycles. The van der Waals surface area contributed by atoms with Crippen molar-refractivity contribution in [3.05, 3.63) is 10.6 Å². The molecule has 2 heteroatoms. The Hall–Kier alpha value is -0.240. The molecule has 0 bridgehead atoms. The van der Waals surface area contributed by atoms with Crippen LogP contribution in [0.3, 0.4) is 0 Å². The van der Waals surface area contributed by atoms with E-state index in [1.165, 1.54) is 42.7 Å². The summed E-state index contributed by atoms with van der Waals surface area (Å²) < 4.78 is 5.50. The molecule has 1 nitrogen and oxygen atoms in total. The smallest absolute Gasteiger partial charge is 0.142 e. The third-order valence-corrected chi connectivity index (χ3v) is 3.80. The Morgan fingerprint density at radius 3 is 3.00 bits per heavy atom. The summed E-state index contributed by atoms with van der Waals surface area (Å²) in [5.74, 6) is 1.32. The Kier molecular flexibility index (Phi) is 2.03. The van der Waals surface area contributed by atoms with Crippen molar-refractivity contribution in [1.82, 2.24) is 0 Å². The normalized spacial score (nSPS) is 28.8. The summed E-state index contributed by atoms with van der Waals surface area (Å²) in [6.07, 6.45) is 6.49. The average Bonchev–Trinajstić information content (AvgIpc) is 1.94. The maximum Gasteiger partial charge on any atom is 0.142 e. The molecule has 0 aliphatic heterocycles. The van der Waals surface area contributed by atoms with E-state index in [1.807, 2.05) is 0 Å². The molecule has 0 N–H and O–H groups in total. The first-order chi connectivity index (χ1) is 5.76. The number of rotatable bonds is 2. The lowest BCUT2D eigenvalue weighted by Crippen LogP contribution is -2.28. The summed E-state index contributed by atoms with van der Waals surface area (Å²) in [4.78, 5) is 1.53. The van der Waals surface area contributed by atoms with E-state index in [0.29, 0.717) is 5.41 Å². The molecule has 2 rings (SSSR count). The van der Waals surface area contributed by atoms with Crippen LogP contribution in [-0.4, -0.2) is 0 Å². The van der Waals surface area contributed by atoms with Crippen molar-refractivity contribution in [2.24, 2.45) is 0 Å². The van der Waals surface area contributed by atoms with Gasteiger partial charge in [-0.05, 0) is 25.7 Å². The van der Waals surface area contributed by atoms with Gasteiger partial charge in [-0.3, -0.25) is 0 Å². The van der Waals surface area contributed by atoms with Gasteiger partial charge in [-0.25, -0.2) is 0 Å². The van der Waals surface area contributed by atoms with Gasteiger partial charge in [0.15, 0.2) is 0 Å². The minimum atomic E-state index is 0.383. The van der Waals surface area contributed by atoms with Crippen LogP contribution >= 0.6 is 11.6 Å². The van der Waals surface area contributed by atoms with E-state index in [0.717, 1.165) is 0 Å². The molecule has 1 unspecified atom stereocenters. The monoisotopic (exact) mass is 184 g/mol. The Balaban J connectivity index is 2.22. The largest absolute Gasteiger partial charge is 0.404 e. The molecule has 1 aromatic rings. The van der Waals surface area contributed by atoms with E-state index in [9.17, 15) is 0 Å². The molecule has 0 fully saturated rings. The van der Waals surface area contributed by atoms with Crippen molar-refractivity contribution < 1.29 is 3.85 Å². The standard InChI is InChI=1S/C10H16OS/c1-3-6-10(2)7-4-5-8-9(10)11-12-8/h3-7H2,1-2H3. The van der Waals surface area contributed by atoms with Gasteiger partial charge in [-0.2, -0.15) is 0 Å². The number of aryl methyl sites for hydroxylation is 1. The molecule has 1 aliphatic carbocycles. The molecule has 0 saturated carbocycles. The van der Waals surface area contributed by atoms with Crippen molar-refractivity contribution in [3.63, 3.8) is 0 Å². The lowest BCUT2D eigenvalue weighted by atomic mass is 9.74. The number of hydrogen-bond acceptors (Lipinski definition) is 2. The highest BCUT2D eigenvalue weighted by molar-refractivity contribution is 7.04. The highest BCUT2D eigenvalue weighted by Crippen LogP contribution is 2.44. The zero-order chi connectivity index (χ0) is 8.60. The fourth-order valence-corrected chi connectivity index (χ4v) is 3.24. The molecular formula is C10H16OS. The molecule has 0 saturated heterocycles. The number of fused-ring (bicyclic) bond motifs is 1. The molecule has 68 valence electrons. The first-order valence-corrected chi connectivity index (χ1v) is 5.58. The summed E-state index contributed by atoms with van der Waals surface area (Å²) in [7, 11) is 0. The van der Waals surface area contributed by atoms with Crippen LogP contribution in [0.15, 0.2) is 3.85 Å². The van der Waals surface area contributed by atoms with Gasteiger partial charge in [-0.1, -0.05) is 20.3 Å². The molecule has 12 heavy (non-hydrogen) atoms. The van der Waals surface area contributed by atoms with Crippen LogP contribution in [0.2, 0.25) is 0 Å². The molecule has 0 amide bonds. The molecular weight excluding hydrogens is 168 g/mol. The second kappa shape index (κ2) is 2.91. The number of hydrogen-bond donors (Lipinski definition) is 0. The summed E-state index contributed by atoms with van der Waals surface area (Å²) in [5.41, 5.74) is 0.383. The summed E-state index contributed by atoms with van der Waals surface area (Å²) >= 11 is 1.60. The summed E-state index contributed by atoms with van der Waals surface area (Å²) in [5, 5.41) is 0. The highest BCUT2D eigenvalue weighted by atomic mass is 32.1. The molecule has 0 spiro atoms. The maximum atomic E-state index is 5.50. The Bertz CT molecular complexity index is 261. The summed E-state index contributed by atoms with van der Waals surface area (Å²) in [6, 6.07) is 0. The molecule has 1 aliphatic rings. The van der Waals surface area contributed by atoms with Gasteiger partial charge in [-0.15, -0.1) is 0 Å². The highest BCUT2D eigenvalue weighted by Gasteiger charge is 2.36. The average molecular weight is 184 g/mol. The van der Waals surface area contributed by atoms with Crippen LogP contribution in [0.5, 0.6) is 0 Å². The van der Waals surface area contributed by atoms with Crippen molar-refractivity contribution in [2.45, 2.75) is 51.4 Å². The molecule has 1 heterocycles. The fraction of sp³-hybridized carbons (Fsp3) is 0.800. The first-order valence-electron chi connectivity index (χ1n) is 4.84. The predicted octanol–water partition coefficient (Wildman–Crippen LogP) is 3.74. The fourth-order valence-electron chi connectivity index (χ4n) is 2.28. The summed E-state index contributed by atoms with van der Waals surface area (Å²) in [6.45, 7) is 4.61. The Morgan fingerprint density at radius 2 is 2.42 bits per heavy atom. The van der Waals surface area contributed by atoms with Crippen LogP contribution in [0.4, 0.5) is 0 Å². The van der Waals surface area contributed by atoms with Crippen LogP contribution in [0, 0.1) is 0 Å². The van der Waals surface area contributed by atoms with Gasteiger partial charge < -0.3 is 3.85 Å². The van der Waals surface area contributed by atoms with E-state index in [1.54, 1.807) is 11.6 Å². The van der Waals surface area contributed by atoms with Gasteiger partial charge in [0.1, 0.15) is 5.76 Å². The van der Waals surface area contributed by atoms with E-state index in [-0.39, 0.29) is 0 Å². The predicted molar refractivity (Wildman–Crippen MR) is 51.8 cm³/mol. The van der Waals surface area contributed by atoms with Gasteiger partial charge in [0.05, 0.1) is 4.88 Å². The second-order valence-electron chi connectivity index (χ2n) is 4.08. The van der Waals surface area contributed by atoms with Gasteiger partial charge >= 0.3 is 0 Å². The maximum absolute atomic E-state index is 5.50. The SMILES string of the molecule is CCCC1(C)CCCc2soc21. The van der Waals surface area contributed by atoms with E-state index < -0.39 is 0 Å². The van der Waals surface area contributed by atoms with Crippen molar-refractivity contribution in [1.29, 1.82) is 0 Å². The van der Waals surface area contributed by atoms with E-state index >= 15 is 0 Å². The third kappa shape index (κ3) is 1.13. The van der Waals surface area contributed by atoms with Gasteiger partial charge in [0.2, 0.25) is 0 Å². The van der Waals surface area contributed by atoms with Crippen LogP contribution in [0.25, 0.3) is 0 Å². The lowest BCUT2D eigenvalue weighted by Gasteiger charge is -2.34. The van der Waals surface area contributed by atoms with E-state index in [2.05, 4.69) is 13.8 Å². The Morgan fingerprint density at radius 1 is 1.58 bits per heavy atom. The van der Waals surface area contributed by atoms with Crippen molar-refractivity contribution in [3.8, 4) is 0 Å². The molecule has 1 atom stereocenters. The third-order valence-electron chi connectivity index (χ3n) is 2.96. The van der Waals surface area contributed by atoms with Crippen LogP contribution < -0.4 is 0 Å². The van der Waals surface area contributed by atoms with Gasteiger partial charge in [0.25, 0.3) is 0 Å². The molecule has 0 aromatic carbocycles. The quantitative estimate of drug-likeness (QED) is 0.682. The minimum Gasteiger partial charge on any atom is -0.404 e. The lowest BCUT2D eigenvalue weighted by molar-refractivity contribution is 0.296.